The molecule has 1 N–H and O–H groups in total. The summed E-state index contributed by atoms with van der Waals surface area (Å²) in [5.41, 5.74) is 2.48. The highest BCUT2D eigenvalue weighted by Gasteiger charge is 2.09. The van der Waals surface area contributed by atoms with Gasteiger partial charge >= 0.3 is 0 Å². The Kier molecular flexibility index (Phi) is 6.93. The van der Waals surface area contributed by atoms with Gasteiger partial charge in [0.05, 0.1) is 5.38 Å². The van der Waals surface area contributed by atoms with Gasteiger partial charge in [-0.15, -0.1) is 11.6 Å². The fraction of sp³-hybridized carbons (Fsp3) is 0.562. The predicted octanol–water partition coefficient (Wildman–Crippen LogP) is 3.70. The zero-order valence-electron chi connectivity index (χ0n) is 12.1. The minimum absolute atomic E-state index is 0.0300. The van der Waals surface area contributed by atoms with Crippen molar-refractivity contribution >= 4 is 17.5 Å². The van der Waals surface area contributed by atoms with Crippen LogP contribution < -0.4 is 5.32 Å². The van der Waals surface area contributed by atoms with Crippen molar-refractivity contribution in [1.82, 2.24) is 5.32 Å². The number of amides is 1. The fourth-order valence-corrected chi connectivity index (χ4v) is 2.48. The molecule has 0 saturated carbocycles. The van der Waals surface area contributed by atoms with Crippen LogP contribution >= 0.6 is 11.6 Å². The van der Waals surface area contributed by atoms with Gasteiger partial charge in [0.2, 0.25) is 5.91 Å². The molecule has 1 aromatic carbocycles. The molecule has 0 fully saturated rings. The second kappa shape index (κ2) is 8.21. The molecule has 19 heavy (non-hydrogen) atoms. The number of nitrogens with one attached hydrogen (secondary N) is 1. The summed E-state index contributed by atoms with van der Waals surface area (Å²) in [5.74, 6) is 0.643. The molecule has 2 nitrogen and oxygen atoms in total. The summed E-state index contributed by atoms with van der Waals surface area (Å²) >= 11 is 6.15. The van der Waals surface area contributed by atoms with E-state index in [0.29, 0.717) is 18.9 Å². The number of halogens is 1. The summed E-state index contributed by atoms with van der Waals surface area (Å²) in [4.78, 5) is 11.7. The minimum Gasteiger partial charge on any atom is -0.355 e. The lowest BCUT2D eigenvalue weighted by Crippen LogP contribution is -2.30. The van der Waals surface area contributed by atoms with Crippen molar-refractivity contribution in [2.75, 3.05) is 6.54 Å². The Hall–Kier alpha value is -1.02. The predicted molar refractivity (Wildman–Crippen MR) is 81.6 cm³/mol. The highest BCUT2D eigenvalue weighted by Crippen LogP contribution is 2.11. The van der Waals surface area contributed by atoms with Crippen LogP contribution in [0.25, 0.3) is 0 Å². The van der Waals surface area contributed by atoms with Crippen molar-refractivity contribution in [1.29, 1.82) is 0 Å². The molecule has 0 bridgehead atoms. The maximum Gasteiger partial charge on any atom is 0.220 e. The van der Waals surface area contributed by atoms with E-state index >= 15 is 0 Å². The average Bonchev–Trinajstić information content (AvgIpc) is 2.34. The Morgan fingerprint density at radius 3 is 2.63 bits per heavy atom. The number of carbonyl (C=O) groups excluding carboxylic acids is 1. The molecule has 1 atom stereocenters. The van der Waals surface area contributed by atoms with Crippen LogP contribution in [0.1, 0.15) is 37.8 Å². The Bertz CT molecular complexity index is 403. The van der Waals surface area contributed by atoms with Gasteiger partial charge in [0, 0.05) is 13.0 Å². The number of alkyl halides is 1. The van der Waals surface area contributed by atoms with E-state index in [1.54, 1.807) is 0 Å². The lowest BCUT2D eigenvalue weighted by Gasteiger charge is -2.13. The Morgan fingerprint density at radius 2 is 2.00 bits per heavy atom. The van der Waals surface area contributed by atoms with Gasteiger partial charge in [-0.3, -0.25) is 4.79 Å². The third-order valence-corrected chi connectivity index (χ3v) is 3.46. The van der Waals surface area contributed by atoms with Crippen LogP contribution in [0.4, 0.5) is 0 Å². The summed E-state index contributed by atoms with van der Waals surface area (Å²) < 4.78 is 0. The highest BCUT2D eigenvalue weighted by atomic mass is 35.5. The first-order valence-corrected chi connectivity index (χ1v) is 7.38. The van der Waals surface area contributed by atoms with Gasteiger partial charge in [-0.25, -0.2) is 0 Å². The van der Waals surface area contributed by atoms with E-state index in [0.717, 1.165) is 12.8 Å². The minimum atomic E-state index is 0.0300. The first kappa shape index (κ1) is 16.0. The molecule has 1 amide bonds. The number of hydrogen-bond donors (Lipinski definition) is 1. The van der Waals surface area contributed by atoms with Crippen LogP contribution in [-0.2, 0) is 11.2 Å². The molecule has 1 aromatic rings. The normalized spacial score (nSPS) is 12.5. The van der Waals surface area contributed by atoms with Crippen molar-refractivity contribution in [3.8, 4) is 0 Å². The highest BCUT2D eigenvalue weighted by molar-refractivity contribution is 6.20. The van der Waals surface area contributed by atoms with Gasteiger partial charge in [-0.05, 0) is 36.8 Å². The summed E-state index contributed by atoms with van der Waals surface area (Å²) in [6.07, 6.45) is 2.24. The largest absolute Gasteiger partial charge is 0.355 e. The fourth-order valence-electron chi connectivity index (χ4n) is 2.05. The Balaban J connectivity index is 2.27. The maximum atomic E-state index is 11.7. The molecular formula is C16H24ClNO. The van der Waals surface area contributed by atoms with E-state index in [1.165, 1.54) is 11.1 Å². The Labute approximate surface area is 121 Å². The van der Waals surface area contributed by atoms with E-state index in [1.807, 2.05) is 12.1 Å². The van der Waals surface area contributed by atoms with Crippen LogP contribution in [0.15, 0.2) is 24.3 Å². The molecule has 0 saturated heterocycles. The van der Waals surface area contributed by atoms with Crippen molar-refractivity contribution < 1.29 is 4.79 Å². The lowest BCUT2D eigenvalue weighted by molar-refractivity contribution is -0.121. The standard InChI is InChI=1S/C16H24ClNO/c1-12(2)10-15(17)11-18-16(19)9-8-14-7-5-4-6-13(14)3/h4-7,12,15H,8-11H2,1-3H3,(H,18,19). The van der Waals surface area contributed by atoms with Gasteiger partial charge in [-0.1, -0.05) is 38.1 Å². The SMILES string of the molecule is Cc1ccccc1CCC(=O)NCC(Cl)CC(C)C. The molecule has 0 aliphatic carbocycles. The second-order valence-corrected chi connectivity index (χ2v) is 6.07. The molecule has 1 rings (SSSR count). The van der Waals surface area contributed by atoms with Crippen molar-refractivity contribution in [3.63, 3.8) is 0 Å². The maximum absolute atomic E-state index is 11.7. The molecule has 0 spiro atoms. The molecule has 1 unspecified atom stereocenters. The monoisotopic (exact) mass is 281 g/mol. The van der Waals surface area contributed by atoms with Gasteiger partial charge in [0.1, 0.15) is 0 Å². The topological polar surface area (TPSA) is 29.1 Å². The number of hydrogen-bond acceptors (Lipinski definition) is 1. The summed E-state index contributed by atoms with van der Waals surface area (Å²) in [6.45, 7) is 6.90. The third-order valence-electron chi connectivity index (χ3n) is 3.13. The smallest absolute Gasteiger partial charge is 0.220 e. The summed E-state index contributed by atoms with van der Waals surface area (Å²) in [6, 6.07) is 8.18. The second-order valence-electron chi connectivity index (χ2n) is 5.46. The van der Waals surface area contributed by atoms with E-state index < -0.39 is 0 Å². The van der Waals surface area contributed by atoms with E-state index in [4.69, 9.17) is 11.6 Å². The number of rotatable bonds is 7. The van der Waals surface area contributed by atoms with Gasteiger partial charge < -0.3 is 5.32 Å². The van der Waals surface area contributed by atoms with Gasteiger partial charge in [0.15, 0.2) is 0 Å². The quantitative estimate of drug-likeness (QED) is 0.759. The molecular weight excluding hydrogens is 258 g/mol. The molecule has 0 heterocycles. The molecule has 0 radical (unpaired) electrons. The van der Waals surface area contributed by atoms with Crippen LogP contribution in [0.5, 0.6) is 0 Å². The third kappa shape index (κ3) is 6.63. The number of carbonyl (C=O) groups is 1. The van der Waals surface area contributed by atoms with Crippen LogP contribution in [-0.4, -0.2) is 17.8 Å². The molecule has 0 aromatic heterocycles. The van der Waals surface area contributed by atoms with Crippen molar-refractivity contribution in [3.05, 3.63) is 35.4 Å². The average molecular weight is 282 g/mol. The van der Waals surface area contributed by atoms with Crippen molar-refractivity contribution in [2.24, 2.45) is 5.92 Å². The summed E-state index contributed by atoms with van der Waals surface area (Å²) in [5, 5.41) is 2.94. The van der Waals surface area contributed by atoms with E-state index in [2.05, 4.69) is 38.2 Å². The van der Waals surface area contributed by atoms with Crippen LogP contribution in [0, 0.1) is 12.8 Å². The number of benzene rings is 1. The molecule has 3 heteroatoms. The van der Waals surface area contributed by atoms with Gasteiger partial charge in [0.25, 0.3) is 0 Å². The lowest BCUT2D eigenvalue weighted by atomic mass is 10.0. The number of aryl methyl sites for hydroxylation is 2. The van der Waals surface area contributed by atoms with Crippen LogP contribution in [0.3, 0.4) is 0 Å². The molecule has 0 aliphatic heterocycles. The van der Waals surface area contributed by atoms with Crippen LogP contribution in [0.2, 0.25) is 0 Å². The van der Waals surface area contributed by atoms with Crippen molar-refractivity contribution in [2.45, 2.75) is 45.4 Å². The first-order valence-electron chi connectivity index (χ1n) is 6.94. The molecule has 106 valence electrons. The zero-order valence-corrected chi connectivity index (χ0v) is 12.8. The van der Waals surface area contributed by atoms with Gasteiger partial charge in [-0.2, -0.15) is 0 Å². The Morgan fingerprint density at radius 1 is 1.32 bits per heavy atom. The van der Waals surface area contributed by atoms with E-state index in [-0.39, 0.29) is 11.3 Å². The zero-order chi connectivity index (χ0) is 14.3. The van der Waals surface area contributed by atoms with E-state index in [9.17, 15) is 4.79 Å². The molecule has 0 aliphatic rings. The first-order chi connectivity index (χ1) is 8.99. The summed E-state index contributed by atoms with van der Waals surface area (Å²) in [7, 11) is 0.